The van der Waals surface area contributed by atoms with E-state index in [0.717, 1.165) is 11.3 Å². The number of hydrogen-bond acceptors (Lipinski definition) is 5. The maximum Gasteiger partial charge on any atom is 0.412 e. The summed E-state index contributed by atoms with van der Waals surface area (Å²) in [5.74, 6) is -0.764. The Hall–Kier alpha value is -1.43. The van der Waals surface area contributed by atoms with Crippen LogP contribution in [-0.4, -0.2) is 17.0 Å². The zero-order valence-corrected chi connectivity index (χ0v) is 6.13. The fourth-order valence-electron chi connectivity index (χ4n) is 0.458. The maximum absolute atomic E-state index is 10.8. The van der Waals surface area contributed by atoms with E-state index in [9.17, 15) is 9.59 Å². The molecule has 0 spiro atoms. The molecule has 0 fully saturated rings. The van der Waals surface area contributed by atoms with Crippen LogP contribution in [0.3, 0.4) is 0 Å². The second kappa shape index (κ2) is 3.11. The molecule has 0 saturated heterocycles. The number of aromatic nitrogens is 1. The molecular weight excluding hydrogens is 168 g/mol. The van der Waals surface area contributed by atoms with E-state index in [-0.39, 0.29) is 4.88 Å². The van der Waals surface area contributed by atoms with E-state index in [1.165, 1.54) is 11.7 Å². The van der Waals surface area contributed by atoms with Crippen LogP contribution in [0.25, 0.3) is 0 Å². The average Bonchev–Trinajstić information content (AvgIpc) is 2.35. The third kappa shape index (κ3) is 2.01. The van der Waals surface area contributed by atoms with Gasteiger partial charge in [0.2, 0.25) is 0 Å². The summed E-state index contributed by atoms with van der Waals surface area (Å²) in [4.78, 5) is 24.7. The fraction of sp³-hybridized carbons (Fsp3) is 0. The third-order valence-corrected chi connectivity index (χ3v) is 1.58. The summed E-state index contributed by atoms with van der Waals surface area (Å²) in [6.07, 6.45) is 0.194. The molecule has 2 N–H and O–H groups in total. The Morgan fingerprint density at radius 1 is 1.64 bits per heavy atom. The summed E-state index contributed by atoms with van der Waals surface area (Å²) in [6, 6.07) is 0. The van der Waals surface area contributed by atoms with Gasteiger partial charge in [-0.2, -0.15) is 0 Å². The highest BCUT2D eigenvalue weighted by Gasteiger charge is 2.10. The highest BCUT2D eigenvalue weighted by Crippen LogP contribution is 2.06. The molecule has 58 valence electrons. The Morgan fingerprint density at radius 2 is 2.36 bits per heavy atom. The van der Waals surface area contributed by atoms with Gasteiger partial charge in [-0.05, 0) is 0 Å². The summed E-state index contributed by atoms with van der Waals surface area (Å²) in [5, 5.41) is 0. The first-order valence-electron chi connectivity index (χ1n) is 2.60. The van der Waals surface area contributed by atoms with Crippen molar-refractivity contribution in [3.8, 4) is 0 Å². The van der Waals surface area contributed by atoms with Crippen molar-refractivity contribution in [1.29, 1.82) is 0 Å². The van der Waals surface area contributed by atoms with Gasteiger partial charge in [-0.25, -0.2) is 9.59 Å². The SMILES string of the molecule is NC(=O)OC(=O)c1cncs1. The number of ether oxygens (including phenoxy) is 1. The Bertz CT molecular complexity index is 269. The second-order valence-electron chi connectivity index (χ2n) is 1.57. The van der Waals surface area contributed by atoms with Gasteiger partial charge in [0.25, 0.3) is 0 Å². The van der Waals surface area contributed by atoms with Gasteiger partial charge in [0.15, 0.2) is 0 Å². The number of thiazole rings is 1. The fourth-order valence-corrected chi connectivity index (χ4v) is 0.953. The second-order valence-corrected chi connectivity index (χ2v) is 2.46. The summed E-state index contributed by atoms with van der Waals surface area (Å²) >= 11 is 1.08. The molecule has 1 rings (SSSR count). The molecule has 5 nitrogen and oxygen atoms in total. The van der Waals surface area contributed by atoms with E-state index < -0.39 is 12.1 Å². The van der Waals surface area contributed by atoms with Gasteiger partial charge >= 0.3 is 12.1 Å². The van der Waals surface area contributed by atoms with Crippen LogP contribution in [0.1, 0.15) is 9.67 Å². The number of nitrogens with two attached hydrogens (primary N) is 1. The molecule has 6 heteroatoms. The lowest BCUT2D eigenvalue weighted by Gasteiger charge is -1.92. The number of nitrogens with zero attached hydrogens (tertiary/aromatic N) is 1. The molecule has 1 amide bonds. The number of carbonyl (C=O) groups excluding carboxylic acids is 2. The molecule has 0 radical (unpaired) electrons. The lowest BCUT2D eigenvalue weighted by Crippen LogP contribution is -2.17. The summed E-state index contributed by atoms with van der Waals surface area (Å²) in [7, 11) is 0. The largest absolute Gasteiger partial charge is 0.412 e. The summed E-state index contributed by atoms with van der Waals surface area (Å²) in [5.41, 5.74) is 6.06. The number of carbonyl (C=O) groups is 2. The molecule has 0 bridgehead atoms. The van der Waals surface area contributed by atoms with Crippen molar-refractivity contribution < 1.29 is 14.3 Å². The molecule has 0 aliphatic rings. The van der Waals surface area contributed by atoms with Crippen molar-refractivity contribution in [2.75, 3.05) is 0 Å². The molecule has 0 aliphatic heterocycles. The highest BCUT2D eigenvalue weighted by atomic mass is 32.1. The lowest BCUT2D eigenvalue weighted by atomic mass is 10.6. The third-order valence-electron chi connectivity index (χ3n) is 0.827. The van der Waals surface area contributed by atoms with Crippen LogP contribution in [-0.2, 0) is 4.74 Å². The van der Waals surface area contributed by atoms with Crippen molar-refractivity contribution in [3.05, 3.63) is 16.6 Å². The van der Waals surface area contributed by atoms with Crippen molar-refractivity contribution >= 4 is 23.4 Å². The topological polar surface area (TPSA) is 82.3 Å². The van der Waals surface area contributed by atoms with Crippen LogP contribution in [0.2, 0.25) is 0 Å². The average molecular weight is 172 g/mol. The van der Waals surface area contributed by atoms with Gasteiger partial charge in [-0.1, -0.05) is 0 Å². The Labute approximate surface area is 65.8 Å². The van der Waals surface area contributed by atoms with Crippen LogP contribution in [0.15, 0.2) is 11.7 Å². The van der Waals surface area contributed by atoms with E-state index in [1.807, 2.05) is 0 Å². The van der Waals surface area contributed by atoms with Crippen molar-refractivity contribution in [2.45, 2.75) is 0 Å². The van der Waals surface area contributed by atoms with Gasteiger partial charge in [0, 0.05) is 0 Å². The molecule has 1 aromatic rings. The normalized spacial score (nSPS) is 9.09. The van der Waals surface area contributed by atoms with Crippen LogP contribution >= 0.6 is 11.3 Å². The van der Waals surface area contributed by atoms with Crippen LogP contribution in [0.5, 0.6) is 0 Å². The van der Waals surface area contributed by atoms with E-state index in [0.29, 0.717) is 0 Å². The minimum Gasteiger partial charge on any atom is -0.372 e. The van der Waals surface area contributed by atoms with Crippen molar-refractivity contribution in [2.24, 2.45) is 5.73 Å². The van der Waals surface area contributed by atoms with E-state index in [4.69, 9.17) is 0 Å². The first-order valence-corrected chi connectivity index (χ1v) is 3.48. The number of primary amides is 1. The number of esters is 1. The van der Waals surface area contributed by atoms with E-state index in [2.05, 4.69) is 15.5 Å². The first-order chi connectivity index (χ1) is 5.20. The van der Waals surface area contributed by atoms with Gasteiger partial charge in [0.1, 0.15) is 4.88 Å². The predicted molar refractivity (Wildman–Crippen MR) is 37.1 cm³/mol. The number of amides is 1. The molecule has 0 atom stereocenters. The van der Waals surface area contributed by atoms with E-state index in [1.54, 1.807) is 0 Å². The van der Waals surface area contributed by atoms with Gasteiger partial charge in [-0.3, -0.25) is 4.98 Å². The minimum absolute atomic E-state index is 0.254. The van der Waals surface area contributed by atoms with Crippen molar-refractivity contribution in [1.82, 2.24) is 4.98 Å². The van der Waals surface area contributed by atoms with Crippen LogP contribution in [0, 0.1) is 0 Å². The Kier molecular flexibility index (Phi) is 2.17. The monoisotopic (exact) mass is 172 g/mol. The molecule has 1 heterocycles. The maximum atomic E-state index is 10.8. The van der Waals surface area contributed by atoms with Gasteiger partial charge in [-0.15, -0.1) is 11.3 Å². The van der Waals surface area contributed by atoms with Crippen molar-refractivity contribution in [3.63, 3.8) is 0 Å². The zero-order valence-electron chi connectivity index (χ0n) is 5.31. The standard InChI is InChI=1S/C5H4N2O3S/c6-5(9)10-4(8)3-1-7-2-11-3/h1-2H,(H2,6,9). The van der Waals surface area contributed by atoms with Gasteiger partial charge < -0.3 is 10.5 Å². The lowest BCUT2D eigenvalue weighted by molar-refractivity contribution is 0.0643. The predicted octanol–water partition coefficient (Wildman–Crippen LogP) is 0.379. The molecule has 11 heavy (non-hydrogen) atoms. The molecule has 0 saturated carbocycles. The Morgan fingerprint density at radius 3 is 2.82 bits per heavy atom. The Balaban J connectivity index is 2.64. The molecule has 0 aromatic carbocycles. The van der Waals surface area contributed by atoms with Crippen LogP contribution < -0.4 is 5.73 Å². The highest BCUT2D eigenvalue weighted by molar-refractivity contribution is 7.11. The van der Waals surface area contributed by atoms with Gasteiger partial charge in [0.05, 0.1) is 11.7 Å². The summed E-state index contributed by atoms with van der Waals surface area (Å²) < 4.78 is 4.06. The number of rotatable bonds is 1. The quantitative estimate of drug-likeness (QED) is 0.490. The van der Waals surface area contributed by atoms with Crippen LogP contribution in [0.4, 0.5) is 4.79 Å². The molecule has 0 unspecified atom stereocenters. The minimum atomic E-state index is -1.11. The molecule has 0 aliphatic carbocycles. The smallest absolute Gasteiger partial charge is 0.372 e. The first kappa shape index (κ1) is 7.67. The number of hydrogen-bond donors (Lipinski definition) is 1. The summed E-state index contributed by atoms with van der Waals surface area (Å²) in [6.45, 7) is 0. The van der Waals surface area contributed by atoms with E-state index >= 15 is 0 Å². The zero-order chi connectivity index (χ0) is 8.27. The molecular formula is C5H4N2O3S. The molecule has 1 aromatic heterocycles.